The molecule has 2 fully saturated rings. The molecule has 13 heavy (non-hydrogen) atoms. The molecule has 0 bridgehead atoms. The molecule has 2 rings (SSSR count). The highest BCUT2D eigenvalue weighted by Crippen LogP contribution is 2.13. The average molecular weight is 184 g/mol. The maximum Gasteiger partial charge on any atom is 0.0660 e. The molecule has 2 aliphatic heterocycles. The first-order valence-electron chi connectivity index (χ1n) is 5.35. The fourth-order valence-corrected chi connectivity index (χ4v) is 2.26. The zero-order valence-corrected chi connectivity index (χ0v) is 8.30. The molecule has 0 atom stereocenters. The SMILES string of the molecule is [CH2-][NH+]1CCN(C2CCOCC2)CC1. The molecule has 2 aliphatic rings. The van der Waals surface area contributed by atoms with Gasteiger partial charge in [0.1, 0.15) is 0 Å². The Bertz CT molecular complexity index is 149. The summed E-state index contributed by atoms with van der Waals surface area (Å²) in [6.45, 7) is 6.78. The standard InChI is InChI=1S/C10H20N2O/c1-11-4-6-12(7-5-11)10-2-8-13-9-3-10/h10-11H,1-9H2. The van der Waals surface area contributed by atoms with Crippen LogP contribution in [0.4, 0.5) is 0 Å². The summed E-state index contributed by atoms with van der Waals surface area (Å²) in [4.78, 5) is 4.06. The second-order valence-electron chi connectivity index (χ2n) is 4.13. The Balaban J connectivity index is 1.79. The lowest BCUT2D eigenvalue weighted by Gasteiger charge is -2.39. The summed E-state index contributed by atoms with van der Waals surface area (Å²) in [5, 5.41) is 0. The van der Waals surface area contributed by atoms with Gasteiger partial charge in [-0.15, -0.1) is 0 Å². The lowest BCUT2D eigenvalue weighted by atomic mass is 10.1. The molecule has 2 saturated heterocycles. The van der Waals surface area contributed by atoms with Gasteiger partial charge >= 0.3 is 0 Å². The third-order valence-corrected chi connectivity index (χ3v) is 3.21. The van der Waals surface area contributed by atoms with Gasteiger partial charge in [0.05, 0.1) is 13.1 Å². The van der Waals surface area contributed by atoms with Crippen LogP contribution >= 0.6 is 0 Å². The molecule has 0 aliphatic carbocycles. The van der Waals surface area contributed by atoms with E-state index < -0.39 is 0 Å². The van der Waals surface area contributed by atoms with E-state index in [0.29, 0.717) is 0 Å². The molecule has 2 heterocycles. The topological polar surface area (TPSA) is 16.9 Å². The Labute approximate surface area is 80.6 Å². The predicted molar refractivity (Wildman–Crippen MR) is 51.5 cm³/mol. The Morgan fingerprint density at radius 2 is 1.77 bits per heavy atom. The van der Waals surface area contributed by atoms with Crippen LogP contribution in [0.15, 0.2) is 0 Å². The number of ether oxygens (including phenoxy) is 1. The first-order valence-corrected chi connectivity index (χ1v) is 5.35. The Kier molecular flexibility index (Phi) is 3.19. The summed E-state index contributed by atoms with van der Waals surface area (Å²) in [5.74, 6) is 0. The molecule has 0 spiro atoms. The summed E-state index contributed by atoms with van der Waals surface area (Å²) in [5.41, 5.74) is 0. The van der Waals surface area contributed by atoms with Gasteiger partial charge < -0.3 is 9.64 Å². The maximum atomic E-state index is 5.37. The molecule has 0 aromatic carbocycles. The van der Waals surface area contributed by atoms with Crippen molar-refractivity contribution in [3.05, 3.63) is 7.05 Å². The third-order valence-electron chi connectivity index (χ3n) is 3.21. The Hall–Kier alpha value is -0.120. The van der Waals surface area contributed by atoms with Gasteiger partial charge in [-0.2, -0.15) is 7.05 Å². The molecule has 76 valence electrons. The molecule has 1 N–H and O–H groups in total. The summed E-state index contributed by atoms with van der Waals surface area (Å²) in [7, 11) is 4.04. The molecule has 0 radical (unpaired) electrons. The van der Waals surface area contributed by atoms with Gasteiger partial charge in [0, 0.05) is 32.3 Å². The minimum Gasteiger partial charge on any atom is -0.466 e. The smallest absolute Gasteiger partial charge is 0.0660 e. The highest BCUT2D eigenvalue weighted by Gasteiger charge is 2.24. The van der Waals surface area contributed by atoms with Gasteiger partial charge in [-0.1, -0.05) is 0 Å². The zero-order chi connectivity index (χ0) is 9.10. The molecule has 0 aromatic heterocycles. The number of hydrogen-bond acceptors (Lipinski definition) is 2. The van der Waals surface area contributed by atoms with Gasteiger partial charge in [-0.3, -0.25) is 4.90 Å². The van der Waals surface area contributed by atoms with Gasteiger partial charge in [0.25, 0.3) is 0 Å². The number of piperazine rings is 1. The molecule has 0 unspecified atom stereocenters. The van der Waals surface area contributed by atoms with Crippen molar-refractivity contribution in [2.24, 2.45) is 0 Å². The van der Waals surface area contributed by atoms with E-state index >= 15 is 0 Å². The van der Waals surface area contributed by atoms with Crippen molar-refractivity contribution in [1.82, 2.24) is 4.90 Å². The van der Waals surface area contributed by atoms with E-state index in [1.54, 1.807) is 0 Å². The van der Waals surface area contributed by atoms with E-state index in [0.717, 1.165) is 19.3 Å². The van der Waals surface area contributed by atoms with Crippen LogP contribution < -0.4 is 4.90 Å². The molecular weight excluding hydrogens is 164 g/mol. The van der Waals surface area contributed by atoms with Crippen LogP contribution in [0.3, 0.4) is 0 Å². The molecular formula is C10H20N2O. The zero-order valence-electron chi connectivity index (χ0n) is 8.30. The van der Waals surface area contributed by atoms with E-state index in [4.69, 9.17) is 4.74 Å². The number of quaternary nitrogens is 1. The lowest BCUT2D eigenvalue weighted by molar-refractivity contribution is -0.859. The molecule has 0 saturated carbocycles. The fraction of sp³-hybridized carbons (Fsp3) is 0.900. The van der Waals surface area contributed by atoms with Crippen LogP contribution in [-0.4, -0.2) is 50.3 Å². The second-order valence-corrected chi connectivity index (χ2v) is 4.13. The monoisotopic (exact) mass is 184 g/mol. The van der Waals surface area contributed by atoms with E-state index in [9.17, 15) is 0 Å². The Morgan fingerprint density at radius 3 is 2.38 bits per heavy atom. The molecule has 3 nitrogen and oxygen atoms in total. The van der Waals surface area contributed by atoms with Crippen molar-refractivity contribution in [3.8, 4) is 0 Å². The normalized spacial score (nSPS) is 29.3. The third kappa shape index (κ3) is 2.42. The number of nitrogens with one attached hydrogen (secondary N) is 1. The highest BCUT2D eigenvalue weighted by atomic mass is 16.5. The number of rotatable bonds is 1. The molecule has 0 aromatic rings. The second kappa shape index (κ2) is 4.40. The van der Waals surface area contributed by atoms with Gasteiger partial charge in [0.15, 0.2) is 0 Å². The average Bonchev–Trinajstić information content (AvgIpc) is 2.20. The highest BCUT2D eigenvalue weighted by molar-refractivity contribution is 4.75. The first kappa shape index (κ1) is 9.44. The largest absolute Gasteiger partial charge is 0.466 e. The van der Waals surface area contributed by atoms with Crippen molar-refractivity contribution >= 4 is 0 Å². The minimum atomic E-state index is 0.793. The summed E-state index contributed by atoms with van der Waals surface area (Å²) in [6.07, 6.45) is 2.46. The van der Waals surface area contributed by atoms with Gasteiger partial charge in [0.2, 0.25) is 0 Å². The fourth-order valence-electron chi connectivity index (χ4n) is 2.26. The van der Waals surface area contributed by atoms with Crippen molar-refractivity contribution in [1.29, 1.82) is 0 Å². The van der Waals surface area contributed by atoms with Gasteiger partial charge in [-0.05, 0) is 12.8 Å². The quantitative estimate of drug-likeness (QED) is 0.535. The van der Waals surface area contributed by atoms with Crippen LogP contribution in [-0.2, 0) is 4.74 Å². The number of nitrogens with zero attached hydrogens (tertiary/aromatic N) is 1. The van der Waals surface area contributed by atoms with E-state index in [-0.39, 0.29) is 0 Å². The Morgan fingerprint density at radius 1 is 1.15 bits per heavy atom. The molecule has 3 heteroatoms. The number of hydrogen-bond donors (Lipinski definition) is 1. The summed E-state index contributed by atoms with van der Waals surface area (Å²) in [6, 6.07) is 0.793. The van der Waals surface area contributed by atoms with Crippen LogP contribution in [0.2, 0.25) is 0 Å². The van der Waals surface area contributed by atoms with E-state index in [1.165, 1.54) is 43.9 Å². The predicted octanol–water partition coefficient (Wildman–Crippen LogP) is -0.843. The van der Waals surface area contributed by atoms with Crippen molar-refractivity contribution in [2.75, 3.05) is 39.4 Å². The summed E-state index contributed by atoms with van der Waals surface area (Å²) < 4.78 is 5.37. The molecule has 0 amide bonds. The van der Waals surface area contributed by atoms with Crippen LogP contribution in [0.1, 0.15) is 12.8 Å². The van der Waals surface area contributed by atoms with Gasteiger partial charge in [-0.25, -0.2) is 0 Å². The van der Waals surface area contributed by atoms with Crippen molar-refractivity contribution < 1.29 is 9.64 Å². The van der Waals surface area contributed by atoms with Crippen LogP contribution in [0.5, 0.6) is 0 Å². The van der Waals surface area contributed by atoms with Crippen molar-refractivity contribution in [2.45, 2.75) is 18.9 Å². The van der Waals surface area contributed by atoms with Crippen LogP contribution in [0, 0.1) is 7.05 Å². The first-order chi connectivity index (χ1) is 6.36. The lowest BCUT2D eigenvalue weighted by Crippen LogP contribution is -3.10. The summed E-state index contributed by atoms with van der Waals surface area (Å²) >= 11 is 0. The minimum absolute atomic E-state index is 0.793. The van der Waals surface area contributed by atoms with Crippen molar-refractivity contribution in [3.63, 3.8) is 0 Å². The maximum absolute atomic E-state index is 5.37. The van der Waals surface area contributed by atoms with E-state index in [2.05, 4.69) is 11.9 Å². The van der Waals surface area contributed by atoms with E-state index in [1.807, 2.05) is 0 Å². The van der Waals surface area contributed by atoms with Crippen LogP contribution in [0.25, 0.3) is 0 Å².